The number of fused-ring (bicyclic) bond motifs is 1. The quantitative estimate of drug-likeness (QED) is 0.365. The minimum Gasteiger partial charge on any atom is -0.494 e. The molecule has 0 radical (unpaired) electrons. The van der Waals surface area contributed by atoms with E-state index in [-0.39, 0.29) is 0 Å². The molecule has 1 aromatic heterocycles. The third-order valence-corrected chi connectivity index (χ3v) is 5.52. The molecule has 0 N–H and O–H groups in total. The summed E-state index contributed by atoms with van der Waals surface area (Å²) >= 11 is 7.72. The summed E-state index contributed by atoms with van der Waals surface area (Å²) in [6.45, 7) is 3.04. The molecule has 25 heavy (non-hydrogen) atoms. The van der Waals surface area contributed by atoms with Gasteiger partial charge in [0.05, 0.1) is 16.8 Å². The van der Waals surface area contributed by atoms with E-state index in [1.165, 1.54) is 32.1 Å². The molecule has 0 saturated carbocycles. The van der Waals surface area contributed by atoms with E-state index < -0.39 is 0 Å². The SMILES string of the molecule is CCCCCCCCOc1ccc(-c2nc3ccc(Cl)cc3s2)cc1. The van der Waals surface area contributed by atoms with Crippen LogP contribution in [0.5, 0.6) is 5.75 Å². The fourth-order valence-electron chi connectivity index (χ4n) is 2.79. The molecule has 132 valence electrons. The Labute approximate surface area is 158 Å². The maximum Gasteiger partial charge on any atom is 0.124 e. The molecule has 1 heterocycles. The number of nitrogens with zero attached hydrogens (tertiary/aromatic N) is 1. The normalized spacial score (nSPS) is 11.1. The Morgan fingerprint density at radius 3 is 2.52 bits per heavy atom. The van der Waals surface area contributed by atoms with Crippen molar-refractivity contribution in [2.75, 3.05) is 6.61 Å². The molecule has 0 atom stereocenters. The zero-order valence-electron chi connectivity index (χ0n) is 14.6. The van der Waals surface area contributed by atoms with Crippen LogP contribution in [0.25, 0.3) is 20.8 Å². The lowest BCUT2D eigenvalue weighted by Crippen LogP contribution is -1.97. The van der Waals surface area contributed by atoms with Gasteiger partial charge in [-0.25, -0.2) is 4.98 Å². The van der Waals surface area contributed by atoms with E-state index in [0.717, 1.165) is 44.6 Å². The average Bonchev–Trinajstić information content (AvgIpc) is 3.04. The minimum atomic E-state index is 0.751. The highest BCUT2D eigenvalue weighted by atomic mass is 35.5. The fraction of sp³-hybridized carbons (Fsp3) is 0.381. The average molecular weight is 374 g/mol. The first-order valence-electron chi connectivity index (χ1n) is 9.05. The molecule has 0 unspecified atom stereocenters. The molecule has 3 rings (SSSR count). The minimum absolute atomic E-state index is 0.751. The Balaban J connectivity index is 1.53. The second-order valence-corrected chi connectivity index (χ2v) is 7.74. The fourth-order valence-corrected chi connectivity index (χ4v) is 4.04. The van der Waals surface area contributed by atoms with Crippen molar-refractivity contribution in [1.82, 2.24) is 4.98 Å². The molecule has 0 aliphatic carbocycles. The smallest absolute Gasteiger partial charge is 0.124 e. The van der Waals surface area contributed by atoms with Crippen molar-refractivity contribution in [1.29, 1.82) is 0 Å². The number of benzene rings is 2. The molecule has 0 aliphatic heterocycles. The highest BCUT2D eigenvalue weighted by Crippen LogP contribution is 2.32. The van der Waals surface area contributed by atoms with Crippen LogP contribution in [0.15, 0.2) is 42.5 Å². The summed E-state index contributed by atoms with van der Waals surface area (Å²) in [4.78, 5) is 4.68. The predicted octanol–water partition coefficient (Wildman–Crippen LogP) is 7.36. The maximum absolute atomic E-state index is 6.05. The number of thiazole rings is 1. The number of unbranched alkanes of at least 4 members (excludes halogenated alkanes) is 5. The zero-order valence-corrected chi connectivity index (χ0v) is 16.2. The first-order chi connectivity index (χ1) is 12.3. The van der Waals surface area contributed by atoms with E-state index >= 15 is 0 Å². The second-order valence-electron chi connectivity index (χ2n) is 6.27. The molecule has 0 saturated heterocycles. The summed E-state index contributed by atoms with van der Waals surface area (Å²) in [7, 11) is 0. The van der Waals surface area contributed by atoms with Gasteiger partial charge in [-0.15, -0.1) is 11.3 Å². The van der Waals surface area contributed by atoms with Gasteiger partial charge in [-0.2, -0.15) is 0 Å². The number of hydrogen-bond acceptors (Lipinski definition) is 3. The molecule has 2 nitrogen and oxygen atoms in total. The molecule has 4 heteroatoms. The van der Waals surface area contributed by atoms with Gasteiger partial charge in [-0.3, -0.25) is 0 Å². The summed E-state index contributed by atoms with van der Waals surface area (Å²) in [6.07, 6.45) is 7.69. The molecule has 0 bridgehead atoms. The van der Waals surface area contributed by atoms with Crippen LogP contribution in [0.3, 0.4) is 0 Å². The third kappa shape index (κ3) is 5.20. The topological polar surface area (TPSA) is 22.1 Å². The van der Waals surface area contributed by atoms with Crippen LogP contribution in [-0.4, -0.2) is 11.6 Å². The molecule has 2 aromatic carbocycles. The molecule has 0 fully saturated rings. The van der Waals surface area contributed by atoms with Gasteiger partial charge >= 0.3 is 0 Å². The first-order valence-corrected chi connectivity index (χ1v) is 10.2. The largest absolute Gasteiger partial charge is 0.494 e. The second kappa shape index (κ2) is 9.21. The molecule has 0 spiro atoms. The van der Waals surface area contributed by atoms with Gasteiger partial charge in [0, 0.05) is 10.6 Å². The van der Waals surface area contributed by atoms with E-state index in [0.29, 0.717) is 0 Å². The lowest BCUT2D eigenvalue weighted by Gasteiger charge is -2.06. The summed E-state index contributed by atoms with van der Waals surface area (Å²) in [5, 5.41) is 1.76. The van der Waals surface area contributed by atoms with Crippen LogP contribution in [0, 0.1) is 0 Å². The maximum atomic E-state index is 6.05. The van der Waals surface area contributed by atoms with E-state index in [4.69, 9.17) is 16.3 Å². The Kier molecular flexibility index (Phi) is 6.71. The van der Waals surface area contributed by atoms with Gasteiger partial charge in [0.25, 0.3) is 0 Å². The van der Waals surface area contributed by atoms with Crippen LogP contribution in [0.4, 0.5) is 0 Å². The number of halogens is 1. The van der Waals surface area contributed by atoms with E-state index in [9.17, 15) is 0 Å². The van der Waals surface area contributed by atoms with E-state index in [1.54, 1.807) is 11.3 Å². The van der Waals surface area contributed by atoms with Crippen LogP contribution in [0.2, 0.25) is 5.02 Å². The Morgan fingerprint density at radius 1 is 0.960 bits per heavy atom. The van der Waals surface area contributed by atoms with Crippen molar-refractivity contribution in [2.24, 2.45) is 0 Å². The van der Waals surface area contributed by atoms with E-state index in [2.05, 4.69) is 24.0 Å². The number of aromatic nitrogens is 1. The third-order valence-electron chi connectivity index (χ3n) is 4.22. The molecule has 0 aliphatic rings. The van der Waals surface area contributed by atoms with Crippen LogP contribution >= 0.6 is 22.9 Å². The van der Waals surface area contributed by atoms with Crippen molar-refractivity contribution in [3.63, 3.8) is 0 Å². The summed E-state index contributed by atoms with van der Waals surface area (Å²) in [6, 6.07) is 14.0. The summed E-state index contributed by atoms with van der Waals surface area (Å²) in [5.41, 5.74) is 2.11. The van der Waals surface area contributed by atoms with Gasteiger partial charge in [0.1, 0.15) is 10.8 Å². The van der Waals surface area contributed by atoms with Gasteiger partial charge in [0.15, 0.2) is 0 Å². The van der Waals surface area contributed by atoms with E-state index in [1.807, 2.05) is 30.3 Å². The zero-order chi connectivity index (χ0) is 17.5. The summed E-state index contributed by atoms with van der Waals surface area (Å²) in [5.74, 6) is 0.932. The Morgan fingerprint density at radius 2 is 1.72 bits per heavy atom. The first kappa shape index (κ1) is 18.2. The molecule has 3 aromatic rings. The van der Waals surface area contributed by atoms with Crippen LogP contribution < -0.4 is 4.74 Å². The van der Waals surface area contributed by atoms with Crippen molar-refractivity contribution in [3.05, 3.63) is 47.5 Å². The monoisotopic (exact) mass is 373 g/mol. The lowest BCUT2D eigenvalue weighted by atomic mass is 10.1. The molecular weight excluding hydrogens is 350 g/mol. The van der Waals surface area contributed by atoms with Crippen molar-refractivity contribution >= 4 is 33.2 Å². The molecule has 0 amide bonds. The van der Waals surface area contributed by atoms with Crippen LogP contribution in [-0.2, 0) is 0 Å². The van der Waals surface area contributed by atoms with Gasteiger partial charge < -0.3 is 4.74 Å². The summed E-state index contributed by atoms with van der Waals surface area (Å²) < 4.78 is 6.96. The standard InChI is InChI=1S/C21H24ClNOS/c1-2-3-4-5-6-7-14-24-18-11-8-16(9-12-18)21-23-19-13-10-17(22)15-20(19)25-21/h8-13,15H,2-7,14H2,1H3. The van der Waals surface area contributed by atoms with Crippen molar-refractivity contribution in [2.45, 2.75) is 45.4 Å². The van der Waals surface area contributed by atoms with Gasteiger partial charge in [-0.05, 0) is 48.9 Å². The Bertz CT molecular complexity index is 797. The number of ether oxygens (including phenoxy) is 1. The highest BCUT2D eigenvalue weighted by Gasteiger charge is 2.07. The molecular formula is C21H24ClNOS. The number of rotatable bonds is 9. The van der Waals surface area contributed by atoms with Gasteiger partial charge in [-0.1, -0.05) is 50.6 Å². The van der Waals surface area contributed by atoms with Crippen LogP contribution in [0.1, 0.15) is 45.4 Å². The predicted molar refractivity (Wildman–Crippen MR) is 109 cm³/mol. The highest BCUT2D eigenvalue weighted by molar-refractivity contribution is 7.21. The number of hydrogen-bond donors (Lipinski definition) is 0. The lowest BCUT2D eigenvalue weighted by molar-refractivity contribution is 0.304. The van der Waals surface area contributed by atoms with Crippen molar-refractivity contribution < 1.29 is 4.74 Å². The van der Waals surface area contributed by atoms with Crippen molar-refractivity contribution in [3.8, 4) is 16.3 Å². The van der Waals surface area contributed by atoms with Gasteiger partial charge in [0.2, 0.25) is 0 Å². The Hall–Kier alpha value is -1.58.